The van der Waals surface area contributed by atoms with Gasteiger partial charge in [-0.3, -0.25) is 14.4 Å². The largest absolute Gasteiger partial charge is 0.342 e. The normalized spacial score (nSPS) is 25.1. The van der Waals surface area contributed by atoms with Crippen molar-refractivity contribution in [3.05, 3.63) is 24.0 Å². The van der Waals surface area contributed by atoms with Gasteiger partial charge in [-0.25, -0.2) is 0 Å². The van der Waals surface area contributed by atoms with Gasteiger partial charge < -0.3 is 4.90 Å². The second-order valence-corrected chi connectivity index (χ2v) is 8.17. The standard InChI is InChI=1S/C20H31N5O/c26-20(18-6-2-1-3-7-18)24-12-8-17(9-13-24)14-25-16-19(21-22-25)15-23-10-4-5-11-23/h1-2,16-18H,3-15H2/t18-/m1/s1. The lowest BCUT2D eigenvalue weighted by molar-refractivity contribution is -0.137. The molecular formula is C20H31N5O. The van der Waals surface area contributed by atoms with Crippen molar-refractivity contribution in [2.45, 2.75) is 58.0 Å². The average molecular weight is 358 g/mol. The van der Waals surface area contributed by atoms with Crippen LogP contribution >= 0.6 is 0 Å². The number of hydrogen-bond acceptors (Lipinski definition) is 4. The van der Waals surface area contributed by atoms with Crippen LogP contribution in [-0.2, 0) is 17.9 Å². The highest BCUT2D eigenvalue weighted by Crippen LogP contribution is 2.25. The van der Waals surface area contributed by atoms with Crippen LogP contribution in [0, 0.1) is 11.8 Å². The molecule has 1 aromatic rings. The summed E-state index contributed by atoms with van der Waals surface area (Å²) in [5.41, 5.74) is 1.09. The summed E-state index contributed by atoms with van der Waals surface area (Å²) in [7, 11) is 0. The third-order valence-electron chi connectivity index (χ3n) is 6.16. The lowest BCUT2D eigenvalue weighted by atomic mass is 9.91. The van der Waals surface area contributed by atoms with Crippen molar-refractivity contribution in [3.8, 4) is 0 Å². The minimum atomic E-state index is 0.222. The Morgan fingerprint density at radius 2 is 1.88 bits per heavy atom. The molecule has 0 N–H and O–H groups in total. The molecule has 4 rings (SSSR count). The van der Waals surface area contributed by atoms with Gasteiger partial charge in [0, 0.05) is 38.3 Å². The van der Waals surface area contributed by atoms with Gasteiger partial charge in [0.05, 0.1) is 5.69 Å². The van der Waals surface area contributed by atoms with Crippen LogP contribution in [0.15, 0.2) is 18.3 Å². The number of nitrogens with zero attached hydrogens (tertiary/aromatic N) is 5. The molecule has 0 spiro atoms. The highest BCUT2D eigenvalue weighted by Gasteiger charge is 2.28. The van der Waals surface area contributed by atoms with Gasteiger partial charge in [0.1, 0.15) is 0 Å². The molecule has 6 nitrogen and oxygen atoms in total. The van der Waals surface area contributed by atoms with Crippen LogP contribution < -0.4 is 0 Å². The Balaban J connectivity index is 1.23. The predicted molar refractivity (Wildman–Crippen MR) is 100 cm³/mol. The summed E-state index contributed by atoms with van der Waals surface area (Å²) in [6.45, 7) is 6.05. The number of carbonyl (C=O) groups excluding carboxylic acids is 1. The van der Waals surface area contributed by atoms with Crippen LogP contribution in [0.2, 0.25) is 0 Å². The van der Waals surface area contributed by atoms with Crippen LogP contribution in [0.1, 0.15) is 50.6 Å². The molecule has 0 aromatic carbocycles. The number of rotatable bonds is 5. The zero-order chi connectivity index (χ0) is 17.8. The first-order valence-corrected chi connectivity index (χ1v) is 10.3. The first-order chi connectivity index (χ1) is 12.8. The molecule has 0 saturated carbocycles. The van der Waals surface area contributed by atoms with Crippen molar-refractivity contribution < 1.29 is 4.79 Å². The molecule has 26 heavy (non-hydrogen) atoms. The van der Waals surface area contributed by atoms with Gasteiger partial charge in [-0.1, -0.05) is 17.4 Å². The number of likely N-dealkylation sites (tertiary alicyclic amines) is 2. The lowest BCUT2D eigenvalue weighted by Gasteiger charge is -2.34. The van der Waals surface area contributed by atoms with E-state index in [1.807, 2.05) is 4.68 Å². The third kappa shape index (κ3) is 4.34. The fourth-order valence-corrected chi connectivity index (χ4v) is 4.55. The van der Waals surface area contributed by atoms with Crippen molar-refractivity contribution >= 4 is 5.91 Å². The number of amides is 1. The van der Waals surface area contributed by atoms with Gasteiger partial charge in [0.15, 0.2) is 0 Å². The van der Waals surface area contributed by atoms with Gasteiger partial charge in [-0.2, -0.15) is 0 Å². The van der Waals surface area contributed by atoms with E-state index in [-0.39, 0.29) is 5.92 Å². The Kier molecular flexibility index (Phi) is 5.68. The van der Waals surface area contributed by atoms with Crippen molar-refractivity contribution in [3.63, 3.8) is 0 Å². The molecule has 142 valence electrons. The molecule has 3 heterocycles. The van der Waals surface area contributed by atoms with Crippen LogP contribution in [0.4, 0.5) is 0 Å². The van der Waals surface area contributed by atoms with Crippen LogP contribution in [-0.4, -0.2) is 56.9 Å². The molecule has 2 aliphatic heterocycles. The van der Waals surface area contributed by atoms with Gasteiger partial charge in [0.2, 0.25) is 5.91 Å². The van der Waals surface area contributed by atoms with E-state index in [1.54, 1.807) is 0 Å². The quantitative estimate of drug-likeness (QED) is 0.760. The van der Waals surface area contributed by atoms with E-state index in [0.29, 0.717) is 11.8 Å². The van der Waals surface area contributed by atoms with Gasteiger partial charge in [0.25, 0.3) is 0 Å². The van der Waals surface area contributed by atoms with Gasteiger partial charge >= 0.3 is 0 Å². The van der Waals surface area contributed by atoms with E-state index < -0.39 is 0 Å². The Labute approximate surface area is 156 Å². The smallest absolute Gasteiger partial charge is 0.226 e. The molecule has 1 amide bonds. The van der Waals surface area contributed by atoms with E-state index in [4.69, 9.17) is 0 Å². The summed E-state index contributed by atoms with van der Waals surface area (Å²) in [6, 6.07) is 0. The van der Waals surface area contributed by atoms with Crippen molar-refractivity contribution in [2.75, 3.05) is 26.2 Å². The zero-order valence-corrected chi connectivity index (χ0v) is 15.7. The minimum absolute atomic E-state index is 0.222. The summed E-state index contributed by atoms with van der Waals surface area (Å²) < 4.78 is 2.01. The van der Waals surface area contributed by atoms with E-state index in [0.717, 1.165) is 64.0 Å². The van der Waals surface area contributed by atoms with E-state index in [2.05, 4.69) is 38.5 Å². The van der Waals surface area contributed by atoms with Crippen LogP contribution in [0.25, 0.3) is 0 Å². The SMILES string of the molecule is O=C([C@@H]1CC=CCC1)N1CCC(Cn2cc(CN3CCCC3)nn2)CC1. The van der Waals surface area contributed by atoms with E-state index in [9.17, 15) is 4.79 Å². The van der Waals surface area contributed by atoms with Gasteiger partial charge in [-0.05, 0) is 64.0 Å². The van der Waals surface area contributed by atoms with Crippen LogP contribution in [0.5, 0.6) is 0 Å². The molecule has 2 saturated heterocycles. The first kappa shape index (κ1) is 17.7. The number of hydrogen-bond donors (Lipinski definition) is 0. The third-order valence-corrected chi connectivity index (χ3v) is 6.16. The fourth-order valence-electron chi connectivity index (χ4n) is 4.55. The summed E-state index contributed by atoms with van der Waals surface area (Å²) in [5, 5.41) is 8.68. The average Bonchev–Trinajstić information content (AvgIpc) is 3.35. The first-order valence-electron chi connectivity index (χ1n) is 10.3. The van der Waals surface area contributed by atoms with E-state index in [1.165, 1.54) is 25.9 Å². The molecule has 6 heteroatoms. The van der Waals surface area contributed by atoms with Crippen molar-refractivity contribution in [1.29, 1.82) is 0 Å². The maximum Gasteiger partial charge on any atom is 0.226 e. The Morgan fingerprint density at radius 1 is 1.08 bits per heavy atom. The second-order valence-electron chi connectivity index (χ2n) is 8.17. The van der Waals surface area contributed by atoms with Gasteiger partial charge in [-0.15, -0.1) is 5.10 Å². The molecule has 0 radical (unpaired) electrons. The fraction of sp³-hybridized carbons (Fsp3) is 0.750. The lowest BCUT2D eigenvalue weighted by Crippen LogP contribution is -2.42. The highest BCUT2D eigenvalue weighted by molar-refractivity contribution is 5.79. The summed E-state index contributed by atoms with van der Waals surface area (Å²) in [5.74, 6) is 1.20. The highest BCUT2D eigenvalue weighted by atomic mass is 16.2. The topological polar surface area (TPSA) is 54.3 Å². The number of piperidine rings is 1. The zero-order valence-electron chi connectivity index (χ0n) is 15.7. The second kappa shape index (κ2) is 8.33. The molecule has 0 unspecified atom stereocenters. The predicted octanol–water partition coefficient (Wildman–Crippen LogP) is 2.47. The van der Waals surface area contributed by atoms with Crippen molar-refractivity contribution in [1.82, 2.24) is 24.8 Å². The summed E-state index contributed by atoms with van der Waals surface area (Å²) in [4.78, 5) is 17.2. The molecule has 3 aliphatic rings. The maximum absolute atomic E-state index is 12.6. The number of allylic oxidation sites excluding steroid dienone is 2. The molecule has 1 aromatic heterocycles. The monoisotopic (exact) mass is 357 g/mol. The molecule has 1 atom stereocenters. The number of aromatic nitrogens is 3. The summed E-state index contributed by atoms with van der Waals surface area (Å²) in [6.07, 6.45) is 14.3. The van der Waals surface area contributed by atoms with E-state index >= 15 is 0 Å². The number of carbonyl (C=O) groups is 1. The Hall–Kier alpha value is -1.69. The Bertz CT molecular complexity index is 626. The van der Waals surface area contributed by atoms with Crippen LogP contribution in [0.3, 0.4) is 0 Å². The maximum atomic E-state index is 12.6. The minimum Gasteiger partial charge on any atom is -0.342 e. The molecule has 2 fully saturated rings. The van der Waals surface area contributed by atoms with Crippen molar-refractivity contribution in [2.24, 2.45) is 11.8 Å². The molecular weight excluding hydrogens is 326 g/mol. The molecule has 0 bridgehead atoms. The Morgan fingerprint density at radius 3 is 2.62 bits per heavy atom. The summed E-state index contributed by atoms with van der Waals surface area (Å²) >= 11 is 0. The molecule has 1 aliphatic carbocycles.